The van der Waals surface area contributed by atoms with E-state index in [1.807, 2.05) is 24.4 Å². The first-order chi connectivity index (χ1) is 7.27. The Morgan fingerprint density at radius 1 is 1.13 bits per heavy atom. The van der Waals surface area contributed by atoms with Crippen molar-refractivity contribution in [2.24, 2.45) is 0 Å². The second-order valence-corrected chi connectivity index (χ2v) is 3.40. The molecule has 4 heteroatoms. The first-order valence-corrected chi connectivity index (χ1v) is 4.84. The molecule has 0 atom stereocenters. The van der Waals surface area contributed by atoms with Gasteiger partial charge in [-0.25, -0.2) is 0 Å². The zero-order valence-corrected chi connectivity index (χ0v) is 8.22. The van der Waals surface area contributed by atoms with E-state index in [0.717, 1.165) is 17.7 Å². The minimum absolute atomic E-state index is 0.511. The first kappa shape index (κ1) is 10.0. The normalized spacial score (nSPS) is 14.4. The van der Waals surface area contributed by atoms with Crippen LogP contribution in [0.1, 0.15) is 5.56 Å². The molecule has 2 rings (SSSR count). The molecule has 1 aliphatic rings. The van der Waals surface area contributed by atoms with Gasteiger partial charge in [-0.05, 0) is 28.9 Å². The van der Waals surface area contributed by atoms with Crippen LogP contribution in [0.2, 0.25) is 0 Å². The monoisotopic (exact) mass is 201 g/mol. The summed E-state index contributed by atoms with van der Waals surface area (Å²) in [5, 5.41) is 21.0. The minimum Gasteiger partial charge on any atom is -0.423 e. The fraction of sp³-hybridized carbons (Fsp3) is 0.0909. The molecule has 3 N–H and O–H groups in total. The molecule has 15 heavy (non-hydrogen) atoms. The molecule has 0 radical (unpaired) electrons. The molecule has 0 bridgehead atoms. The lowest BCUT2D eigenvalue weighted by molar-refractivity contribution is 0.426. The smallest absolute Gasteiger partial charge is 0.423 e. The molecule has 0 amide bonds. The Bertz CT molecular complexity index is 396. The van der Waals surface area contributed by atoms with E-state index in [-0.39, 0.29) is 0 Å². The van der Waals surface area contributed by atoms with Gasteiger partial charge in [-0.3, -0.25) is 0 Å². The molecule has 0 saturated heterocycles. The van der Waals surface area contributed by atoms with Crippen molar-refractivity contribution in [2.45, 2.75) is 0 Å². The van der Waals surface area contributed by atoms with E-state index in [1.165, 1.54) is 0 Å². The molecular weight excluding hydrogens is 189 g/mol. The molecule has 0 fully saturated rings. The van der Waals surface area contributed by atoms with Crippen LogP contribution < -0.4 is 10.8 Å². The van der Waals surface area contributed by atoms with Crippen molar-refractivity contribution in [3.63, 3.8) is 0 Å². The van der Waals surface area contributed by atoms with Crippen LogP contribution in [0.5, 0.6) is 0 Å². The molecule has 76 valence electrons. The van der Waals surface area contributed by atoms with E-state index in [1.54, 1.807) is 12.1 Å². The highest BCUT2D eigenvalue weighted by Gasteiger charge is 2.10. The van der Waals surface area contributed by atoms with Gasteiger partial charge >= 0.3 is 7.12 Å². The number of nitrogens with one attached hydrogen (secondary N) is 1. The SMILES string of the molecule is OB(O)c1ccc(C2=CCNC=C2)cc1. The number of hydrogen-bond acceptors (Lipinski definition) is 3. The summed E-state index contributed by atoms with van der Waals surface area (Å²) < 4.78 is 0. The third-order valence-corrected chi connectivity index (χ3v) is 2.36. The van der Waals surface area contributed by atoms with E-state index < -0.39 is 7.12 Å². The van der Waals surface area contributed by atoms with Gasteiger partial charge in [-0.2, -0.15) is 0 Å². The number of benzene rings is 1. The Morgan fingerprint density at radius 3 is 2.40 bits per heavy atom. The summed E-state index contributed by atoms with van der Waals surface area (Å²) in [6.07, 6.45) is 5.99. The Labute approximate surface area is 88.9 Å². The van der Waals surface area contributed by atoms with Gasteiger partial charge < -0.3 is 15.4 Å². The van der Waals surface area contributed by atoms with Crippen LogP contribution in [0.15, 0.2) is 42.6 Å². The maximum Gasteiger partial charge on any atom is 0.488 e. The highest BCUT2D eigenvalue weighted by molar-refractivity contribution is 6.58. The molecule has 0 saturated carbocycles. The summed E-state index contributed by atoms with van der Waals surface area (Å²) >= 11 is 0. The van der Waals surface area contributed by atoms with E-state index in [9.17, 15) is 0 Å². The Hall–Kier alpha value is -1.52. The van der Waals surface area contributed by atoms with Gasteiger partial charge in [-0.1, -0.05) is 30.3 Å². The van der Waals surface area contributed by atoms with Gasteiger partial charge in [0.1, 0.15) is 0 Å². The molecule has 1 aromatic rings. The van der Waals surface area contributed by atoms with Crippen LogP contribution in [0.25, 0.3) is 5.57 Å². The predicted octanol–water partition coefficient (Wildman–Crippen LogP) is -0.133. The predicted molar refractivity (Wildman–Crippen MR) is 61.4 cm³/mol. The number of allylic oxidation sites excluding steroid dienone is 2. The summed E-state index contributed by atoms with van der Waals surface area (Å²) in [4.78, 5) is 0. The lowest BCUT2D eigenvalue weighted by Gasteiger charge is -2.09. The lowest BCUT2D eigenvalue weighted by Crippen LogP contribution is -2.29. The zero-order valence-electron chi connectivity index (χ0n) is 8.22. The van der Waals surface area contributed by atoms with Crippen LogP contribution in [0.3, 0.4) is 0 Å². The average Bonchev–Trinajstić information content (AvgIpc) is 2.30. The van der Waals surface area contributed by atoms with Crippen molar-refractivity contribution in [1.82, 2.24) is 5.32 Å². The molecule has 3 nitrogen and oxygen atoms in total. The van der Waals surface area contributed by atoms with Crippen LogP contribution in [0, 0.1) is 0 Å². The van der Waals surface area contributed by atoms with Crippen LogP contribution in [0.4, 0.5) is 0 Å². The van der Waals surface area contributed by atoms with Gasteiger partial charge in [0.2, 0.25) is 0 Å². The third-order valence-electron chi connectivity index (χ3n) is 2.36. The summed E-state index contributed by atoms with van der Waals surface area (Å²) in [5.74, 6) is 0. The van der Waals surface area contributed by atoms with Crippen molar-refractivity contribution in [1.29, 1.82) is 0 Å². The van der Waals surface area contributed by atoms with Crippen molar-refractivity contribution in [3.8, 4) is 0 Å². The fourth-order valence-electron chi connectivity index (χ4n) is 1.52. The molecule has 1 heterocycles. The Morgan fingerprint density at radius 2 is 1.87 bits per heavy atom. The van der Waals surface area contributed by atoms with Crippen molar-refractivity contribution in [3.05, 3.63) is 48.2 Å². The standard InChI is InChI=1S/C11H12BNO2/c14-12(15)11-3-1-9(2-4-11)10-5-7-13-8-6-10/h1-7,13-15H,8H2. The zero-order chi connectivity index (χ0) is 10.7. The van der Waals surface area contributed by atoms with Crippen LogP contribution in [-0.2, 0) is 0 Å². The quantitative estimate of drug-likeness (QED) is 0.584. The number of hydrogen-bond donors (Lipinski definition) is 3. The molecule has 1 aromatic carbocycles. The van der Waals surface area contributed by atoms with Gasteiger partial charge in [0, 0.05) is 6.54 Å². The van der Waals surface area contributed by atoms with Gasteiger partial charge in [-0.15, -0.1) is 0 Å². The second-order valence-electron chi connectivity index (χ2n) is 3.40. The highest BCUT2D eigenvalue weighted by Crippen LogP contribution is 2.15. The fourth-order valence-corrected chi connectivity index (χ4v) is 1.52. The minimum atomic E-state index is -1.39. The van der Waals surface area contributed by atoms with E-state index in [4.69, 9.17) is 10.0 Å². The largest absolute Gasteiger partial charge is 0.488 e. The number of rotatable bonds is 2. The molecule has 1 aliphatic heterocycles. The molecule has 0 aliphatic carbocycles. The van der Waals surface area contributed by atoms with Gasteiger partial charge in [0.25, 0.3) is 0 Å². The third kappa shape index (κ3) is 2.29. The molecule has 0 spiro atoms. The van der Waals surface area contributed by atoms with Crippen molar-refractivity contribution >= 4 is 18.2 Å². The summed E-state index contributed by atoms with van der Waals surface area (Å²) in [5.41, 5.74) is 2.74. The van der Waals surface area contributed by atoms with Gasteiger partial charge in [0.15, 0.2) is 0 Å². The van der Waals surface area contributed by atoms with Crippen LogP contribution in [-0.4, -0.2) is 23.7 Å². The topological polar surface area (TPSA) is 52.5 Å². The van der Waals surface area contributed by atoms with Crippen LogP contribution >= 0.6 is 0 Å². The first-order valence-electron chi connectivity index (χ1n) is 4.84. The second kappa shape index (κ2) is 4.34. The lowest BCUT2D eigenvalue weighted by atomic mass is 9.80. The average molecular weight is 201 g/mol. The van der Waals surface area contributed by atoms with Crippen molar-refractivity contribution < 1.29 is 10.0 Å². The maximum atomic E-state index is 8.94. The Kier molecular flexibility index (Phi) is 2.90. The van der Waals surface area contributed by atoms with E-state index in [0.29, 0.717) is 5.46 Å². The molecular formula is C11H12BNO2. The number of dihydropyridines is 1. The van der Waals surface area contributed by atoms with E-state index >= 15 is 0 Å². The summed E-state index contributed by atoms with van der Waals surface area (Å²) in [7, 11) is -1.39. The summed E-state index contributed by atoms with van der Waals surface area (Å²) in [6, 6.07) is 7.21. The van der Waals surface area contributed by atoms with Gasteiger partial charge in [0.05, 0.1) is 0 Å². The Balaban J connectivity index is 2.23. The van der Waals surface area contributed by atoms with E-state index in [2.05, 4.69) is 11.4 Å². The molecule has 0 aromatic heterocycles. The molecule has 0 unspecified atom stereocenters. The highest BCUT2D eigenvalue weighted by atomic mass is 16.4. The maximum absolute atomic E-state index is 8.94. The van der Waals surface area contributed by atoms with Crippen molar-refractivity contribution in [2.75, 3.05) is 6.54 Å². The summed E-state index contributed by atoms with van der Waals surface area (Å²) in [6.45, 7) is 0.830.